The van der Waals surface area contributed by atoms with Crippen molar-refractivity contribution in [3.05, 3.63) is 0 Å². The fourth-order valence-corrected chi connectivity index (χ4v) is 3.41. The van der Waals surface area contributed by atoms with E-state index in [4.69, 9.17) is 4.74 Å². The van der Waals surface area contributed by atoms with Crippen LogP contribution in [-0.2, 0) is 4.74 Å². The van der Waals surface area contributed by atoms with E-state index in [1.54, 1.807) is 0 Å². The van der Waals surface area contributed by atoms with Gasteiger partial charge in [0.1, 0.15) is 0 Å². The van der Waals surface area contributed by atoms with Crippen molar-refractivity contribution in [2.24, 2.45) is 10.9 Å². The molecule has 0 bridgehead atoms. The van der Waals surface area contributed by atoms with Crippen LogP contribution in [0.25, 0.3) is 0 Å². The summed E-state index contributed by atoms with van der Waals surface area (Å²) < 4.78 is 5.95. The van der Waals surface area contributed by atoms with Crippen molar-refractivity contribution in [3.8, 4) is 0 Å². The summed E-state index contributed by atoms with van der Waals surface area (Å²) in [4.78, 5) is 4.27. The van der Waals surface area contributed by atoms with Gasteiger partial charge in [0.15, 0.2) is 5.96 Å². The maximum Gasteiger partial charge on any atom is 0.190 e. The van der Waals surface area contributed by atoms with Gasteiger partial charge in [-0.2, -0.15) is 11.8 Å². The minimum absolute atomic E-state index is 0. The summed E-state index contributed by atoms with van der Waals surface area (Å²) in [6, 6.07) is 0. The average molecular weight is 443 g/mol. The molecule has 132 valence electrons. The highest BCUT2D eigenvalue weighted by Gasteiger charge is 2.24. The van der Waals surface area contributed by atoms with E-state index in [1.807, 2.05) is 18.8 Å². The van der Waals surface area contributed by atoms with Crippen LogP contribution in [0.1, 0.15) is 45.4 Å². The molecule has 0 spiro atoms. The fourth-order valence-electron chi connectivity index (χ4n) is 2.98. The second kappa shape index (κ2) is 14.9. The first-order valence-corrected chi connectivity index (χ1v) is 9.76. The summed E-state index contributed by atoms with van der Waals surface area (Å²) in [5, 5.41) is 6.78. The zero-order valence-electron chi connectivity index (χ0n) is 14.4. The third-order valence-corrected chi connectivity index (χ3v) is 4.77. The summed E-state index contributed by atoms with van der Waals surface area (Å²) in [5.41, 5.74) is 0. The van der Waals surface area contributed by atoms with Gasteiger partial charge < -0.3 is 15.4 Å². The molecule has 0 amide bonds. The van der Waals surface area contributed by atoms with E-state index < -0.39 is 0 Å². The molecule has 2 N–H and O–H groups in total. The maximum atomic E-state index is 5.95. The number of rotatable bonds is 10. The molecule has 0 aromatic rings. The zero-order valence-corrected chi connectivity index (χ0v) is 17.5. The Morgan fingerprint density at radius 1 is 1.27 bits per heavy atom. The first kappa shape index (κ1) is 22.3. The molecule has 1 rings (SSSR count). The molecule has 1 aliphatic carbocycles. The van der Waals surface area contributed by atoms with Gasteiger partial charge in [-0.3, -0.25) is 4.99 Å². The predicted octanol–water partition coefficient (Wildman–Crippen LogP) is 3.51. The zero-order chi connectivity index (χ0) is 15.3. The van der Waals surface area contributed by atoms with E-state index in [1.165, 1.54) is 37.9 Å². The van der Waals surface area contributed by atoms with Crippen LogP contribution >= 0.6 is 35.7 Å². The highest BCUT2D eigenvalue weighted by Crippen LogP contribution is 2.30. The largest absolute Gasteiger partial charge is 0.378 e. The summed E-state index contributed by atoms with van der Waals surface area (Å²) >= 11 is 1.89. The number of nitrogens with one attached hydrogen (secondary N) is 2. The number of nitrogens with zero attached hydrogens (tertiary/aromatic N) is 1. The Morgan fingerprint density at radius 3 is 2.55 bits per heavy atom. The lowest BCUT2D eigenvalue weighted by molar-refractivity contribution is 0.0169. The number of hydrogen-bond acceptors (Lipinski definition) is 3. The Kier molecular flexibility index (Phi) is 15.1. The predicted molar refractivity (Wildman–Crippen MR) is 110 cm³/mol. The van der Waals surface area contributed by atoms with Crippen LogP contribution in [0.5, 0.6) is 0 Å². The molecule has 0 saturated heterocycles. The van der Waals surface area contributed by atoms with Crippen LogP contribution < -0.4 is 10.6 Å². The van der Waals surface area contributed by atoms with Crippen molar-refractivity contribution in [1.82, 2.24) is 10.6 Å². The van der Waals surface area contributed by atoms with Crippen LogP contribution in [0.3, 0.4) is 0 Å². The van der Waals surface area contributed by atoms with E-state index in [9.17, 15) is 0 Å². The van der Waals surface area contributed by atoms with Crippen molar-refractivity contribution in [2.45, 2.75) is 51.6 Å². The molecule has 1 saturated carbocycles. The average Bonchev–Trinajstić information content (AvgIpc) is 3.03. The lowest BCUT2D eigenvalue weighted by atomic mass is 9.98. The monoisotopic (exact) mass is 443 g/mol. The molecule has 4 nitrogen and oxygen atoms in total. The fraction of sp³-hybridized carbons (Fsp3) is 0.938. The summed E-state index contributed by atoms with van der Waals surface area (Å²) in [5.74, 6) is 2.87. The van der Waals surface area contributed by atoms with Gasteiger partial charge >= 0.3 is 0 Å². The first-order chi connectivity index (χ1) is 10.3. The standard InChI is InChI=1S/C16H33N3OS.HI/c1-4-20-15(14-8-5-6-9-14)10-12-19-16(17-2)18-11-7-13-21-3;/h14-15H,4-13H2,1-3H3,(H2,17,18,19);1H. The number of halogens is 1. The molecule has 0 aliphatic heterocycles. The number of hydrogen-bond donors (Lipinski definition) is 2. The van der Waals surface area contributed by atoms with Gasteiger partial charge in [-0.15, -0.1) is 24.0 Å². The normalized spacial score (nSPS) is 17.1. The number of ether oxygens (including phenoxy) is 1. The van der Waals surface area contributed by atoms with Crippen LogP contribution in [-0.4, -0.2) is 50.8 Å². The number of aliphatic imine (C=N–C) groups is 1. The van der Waals surface area contributed by atoms with Crippen LogP contribution in [0, 0.1) is 5.92 Å². The molecular weight excluding hydrogens is 409 g/mol. The highest BCUT2D eigenvalue weighted by molar-refractivity contribution is 14.0. The van der Waals surface area contributed by atoms with Crippen molar-refractivity contribution in [2.75, 3.05) is 38.8 Å². The maximum absolute atomic E-state index is 5.95. The summed E-state index contributed by atoms with van der Waals surface area (Å²) in [6.45, 7) is 4.84. The molecule has 0 heterocycles. The minimum Gasteiger partial charge on any atom is -0.378 e. The van der Waals surface area contributed by atoms with Gasteiger partial charge in [0.05, 0.1) is 6.10 Å². The molecule has 1 unspecified atom stereocenters. The Morgan fingerprint density at radius 2 is 1.95 bits per heavy atom. The minimum atomic E-state index is 0. The molecule has 0 aromatic heterocycles. The topological polar surface area (TPSA) is 45.6 Å². The third-order valence-electron chi connectivity index (χ3n) is 4.07. The number of thioether (sulfide) groups is 1. The molecule has 1 atom stereocenters. The molecule has 22 heavy (non-hydrogen) atoms. The molecule has 1 fully saturated rings. The van der Waals surface area contributed by atoms with Crippen molar-refractivity contribution < 1.29 is 4.74 Å². The molecule has 0 aromatic carbocycles. The SMILES string of the molecule is CCOC(CCNC(=NC)NCCCSC)C1CCCC1.I. The summed E-state index contributed by atoms with van der Waals surface area (Å²) in [6.07, 6.45) is 10.2. The lowest BCUT2D eigenvalue weighted by Gasteiger charge is -2.24. The van der Waals surface area contributed by atoms with E-state index in [0.29, 0.717) is 6.10 Å². The molecular formula is C16H34IN3OS. The second-order valence-corrected chi connectivity index (χ2v) is 6.58. The smallest absolute Gasteiger partial charge is 0.190 e. The van der Waals surface area contributed by atoms with Crippen LogP contribution in [0.4, 0.5) is 0 Å². The lowest BCUT2D eigenvalue weighted by Crippen LogP contribution is -2.40. The van der Waals surface area contributed by atoms with Crippen molar-refractivity contribution in [3.63, 3.8) is 0 Å². The quantitative estimate of drug-likeness (QED) is 0.235. The Labute approximate surface area is 158 Å². The van der Waals surface area contributed by atoms with Crippen molar-refractivity contribution in [1.29, 1.82) is 0 Å². The molecule has 6 heteroatoms. The molecule has 1 aliphatic rings. The summed E-state index contributed by atoms with van der Waals surface area (Å²) in [7, 11) is 1.83. The van der Waals surface area contributed by atoms with E-state index >= 15 is 0 Å². The second-order valence-electron chi connectivity index (χ2n) is 5.60. The van der Waals surface area contributed by atoms with Gasteiger partial charge in [0.2, 0.25) is 0 Å². The Hall–Kier alpha value is 0.310. The number of guanidine groups is 1. The first-order valence-electron chi connectivity index (χ1n) is 8.36. The molecule has 0 radical (unpaired) electrons. The van der Waals surface area contributed by atoms with Crippen LogP contribution in [0.2, 0.25) is 0 Å². The van der Waals surface area contributed by atoms with E-state index in [-0.39, 0.29) is 24.0 Å². The Bertz CT molecular complexity index is 287. The third kappa shape index (κ3) is 9.45. The van der Waals surface area contributed by atoms with Gasteiger partial charge in [-0.25, -0.2) is 0 Å². The van der Waals surface area contributed by atoms with Gasteiger partial charge in [0.25, 0.3) is 0 Å². The van der Waals surface area contributed by atoms with E-state index in [0.717, 1.165) is 38.0 Å². The van der Waals surface area contributed by atoms with Gasteiger partial charge in [-0.1, -0.05) is 12.8 Å². The Balaban J connectivity index is 0.00000441. The van der Waals surface area contributed by atoms with E-state index in [2.05, 4.69) is 28.8 Å². The van der Waals surface area contributed by atoms with Gasteiger partial charge in [-0.05, 0) is 50.5 Å². The highest BCUT2D eigenvalue weighted by atomic mass is 127. The van der Waals surface area contributed by atoms with Crippen molar-refractivity contribution >= 4 is 41.7 Å². The van der Waals surface area contributed by atoms with Gasteiger partial charge in [0, 0.05) is 26.7 Å². The van der Waals surface area contributed by atoms with Crippen LogP contribution in [0.15, 0.2) is 4.99 Å².